The average molecular weight is 229 g/mol. The highest BCUT2D eigenvalue weighted by molar-refractivity contribution is 7.09. The van der Waals surface area contributed by atoms with E-state index in [4.69, 9.17) is 10.8 Å². The van der Waals surface area contributed by atoms with E-state index in [1.807, 2.05) is 0 Å². The number of hydrogen-bond donors (Lipinski definition) is 3. The summed E-state index contributed by atoms with van der Waals surface area (Å²) >= 11 is 1.42. The Balaban J connectivity index is 2.28. The second-order valence-corrected chi connectivity index (χ2v) is 3.83. The molecule has 0 fully saturated rings. The van der Waals surface area contributed by atoms with E-state index >= 15 is 0 Å². The molecule has 1 heterocycles. The van der Waals surface area contributed by atoms with Gasteiger partial charge in [0.25, 0.3) is 0 Å². The summed E-state index contributed by atoms with van der Waals surface area (Å²) in [6.45, 7) is 0.308. The van der Waals surface area contributed by atoms with Gasteiger partial charge in [0.1, 0.15) is 11.0 Å². The molecule has 1 aromatic heterocycles. The van der Waals surface area contributed by atoms with Crippen molar-refractivity contribution < 1.29 is 14.7 Å². The fourth-order valence-electron chi connectivity index (χ4n) is 0.874. The summed E-state index contributed by atoms with van der Waals surface area (Å²) in [4.78, 5) is 25.5. The molecule has 0 aromatic carbocycles. The van der Waals surface area contributed by atoms with Gasteiger partial charge in [0.15, 0.2) is 0 Å². The number of nitrogens with two attached hydrogens (primary N) is 1. The average Bonchev–Trinajstić information content (AvgIpc) is 2.66. The van der Waals surface area contributed by atoms with Gasteiger partial charge in [-0.1, -0.05) is 0 Å². The molecule has 0 saturated carbocycles. The Labute approximate surface area is 90.1 Å². The fraction of sp³-hybridized carbons (Fsp3) is 0.375. The minimum atomic E-state index is -1.18. The van der Waals surface area contributed by atoms with Crippen LogP contribution in [0, 0.1) is 0 Å². The molecular weight excluding hydrogens is 218 g/mol. The van der Waals surface area contributed by atoms with E-state index in [1.54, 1.807) is 11.6 Å². The highest BCUT2D eigenvalue weighted by Gasteiger charge is 2.15. The molecule has 0 aliphatic carbocycles. The maximum absolute atomic E-state index is 11.2. The second kappa shape index (κ2) is 5.42. The lowest BCUT2D eigenvalue weighted by atomic mass is 10.2. The Bertz CT molecular complexity index is 339. The number of carbonyl (C=O) groups excluding carboxylic acids is 1. The van der Waals surface area contributed by atoms with Crippen molar-refractivity contribution in [2.75, 3.05) is 0 Å². The van der Waals surface area contributed by atoms with Crippen molar-refractivity contribution in [3.63, 3.8) is 0 Å². The van der Waals surface area contributed by atoms with E-state index in [0.717, 1.165) is 5.01 Å². The molecule has 15 heavy (non-hydrogen) atoms. The molecule has 1 rings (SSSR count). The summed E-state index contributed by atoms with van der Waals surface area (Å²) < 4.78 is 0. The normalized spacial score (nSPS) is 12.1. The van der Waals surface area contributed by atoms with Crippen molar-refractivity contribution in [1.29, 1.82) is 0 Å². The van der Waals surface area contributed by atoms with Crippen molar-refractivity contribution in [3.05, 3.63) is 16.6 Å². The van der Waals surface area contributed by atoms with Crippen molar-refractivity contribution in [3.8, 4) is 0 Å². The molecule has 1 atom stereocenters. The standard InChI is InChI=1S/C8H11N3O3S/c9-5(8(13)14)3-6(12)11-4-7-10-1-2-15-7/h1-2,5H,3-4,9H2,(H,11,12)(H,13,14). The van der Waals surface area contributed by atoms with Crippen LogP contribution in [-0.4, -0.2) is 28.0 Å². The van der Waals surface area contributed by atoms with E-state index in [2.05, 4.69) is 10.3 Å². The zero-order chi connectivity index (χ0) is 11.3. The Kier molecular flexibility index (Phi) is 4.19. The van der Waals surface area contributed by atoms with Crippen LogP contribution < -0.4 is 11.1 Å². The van der Waals surface area contributed by atoms with Crippen LogP contribution in [0.3, 0.4) is 0 Å². The number of amides is 1. The van der Waals surface area contributed by atoms with Gasteiger partial charge in [-0.05, 0) is 0 Å². The van der Waals surface area contributed by atoms with Crippen LogP contribution in [0.15, 0.2) is 11.6 Å². The zero-order valence-electron chi connectivity index (χ0n) is 7.84. The van der Waals surface area contributed by atoms with E-state index in [9.17, 15) is 9.59 Å². The van der Waals surface area contributed by atoms with Gasteiger partial charge in [0, 0.05) is 11.6 Å². The first-order chi connectivity index (χ1) is 7.09. The first-order valence-electron chi connectivity index (χ1n) is 4.23. The van der Waals surface area contributed by atoms with Gasteiger partial charge in [-0.15, -0.1) is 11.3 Å². The number of carboxylic acids is 1. The van der Waals surface area contributed by atoms with Crippen molar-refractivity contribution in [1.82, 2.24) is 10.3 Å². The summed E-state index contributed by atoms with van der Waals surface area (Å²) in [6, 6.07) is -1.15. The van der Waals surface area contributed by atoms with E-state index in [-0.39, 0.29) is 12.3 Å². The number of carboxylic acid groups (broad SMARTS) is 1. The van der Waals surface area contributed by atoms with Gasteiger partial charge in [0.05, 0.1) is 13.0 Å². The van der Waals surface area contributed by atoms with Gasteiger partial charge in [-0.3, -0.25) is 9.59 Å². The minimum absolute atomic E-state index is 0.222. The van der Waals surface area contributed by atoms with Crippen LogP contribution in [0.25, 0.3) is 0 Å². The van der Waals surface area contributed by atoms with Crippen LogP contribution in [-0.2, 0) is 16.1 Å². The predicted octanol–water partition coefficient (Wildman–Crippen LogP) is -0.439. The van der Waals surface area contributed by atoms with Gasteiger partial charge in [-0.25, -0.2) is 4.98 Å². The number of nitrogens with one attached hydrogen (secondary N) is 1. The minimum Gasteiger partial charge on any atom is -0.480 e. The SMILES string of the molecule is NC(CC(=O)NCc1nccs1)C(=O)O. The Morgan fingerprint density at radius 2 is 2.40 bits per heavy atom. The van der Waals surface area contributed by atoms with Crippen molar-refractivity contribution in [2.45, 2.75) is 19.0 Å². The largest absolute Gasteiger partial charge is 0.480 e. The maximum Gasteiger partial charge on any atom is 0.321 e. The summed E-state index contributed by atoms with van der Waals surface area (Å²) in [7, 11) is 0. The lowest BCUT2D eigenvalue weighted by Gasteiger charge is -2.06. The molecule has 0 aliphatic rings. The highest BCUT2D eigenvalue weighted by Crippen LogP contribution is 2.02. The quantitative estimate of drug-likeness (QED) is 0.635. The third kappa shape index (κ3) is 4.05. The molecule has 1 unspecified atom stereocenters. The van der Waals surface area contributed by atoms with E-state index < -0.39 is 12.0 Å². The Morgan fingerprint density at radius 3 is 2.93 bits per heavy atom. The predicted molar refractivity (Wildman–Crippen MR) is 54.2 cm³/mol. The maximum atomic E-state index is 11.2. The number of nitrogens with zero attached hydrogens (tertiary/aromatic N) is 1. The summed E-state index contributed by atoms with van der Waals surface area (Å²) in [6.07, 6.45) is 1.41. The highest BCUT2D eigenvalue weighted by atomic mass is 32.1. The number of thiazole rings is 1. The molecule has 7 heteroatoms. The number of hydrogen-bond acceptors (Lipinski definition) is 5. The third-order valence-electron chi connectivity index (χ3n) is 1.64. The zero-order valence-corrected chi connectivity index (χ0v) is 8.66. The van der Waals surface area contributed by atoms with Crippen molar-refractivity contribution >= 4 is 23.2 Å². The van der Waals surface area contributed by atoms with Gasteiger partial charge >= 0.3 is 5.97 Å². The third-order valence-corrected chi connectivity index (χ3v) is 2.42. The van der Waals surface area contributed by atoms with Crippen LogP contribution in [0.1, 0.15) is 11.4 Å². The molecule has 0 spiro atoms. The molecule has 82 valence electrons. The summed E-state index contributed by atoms with van der Waals surface area (Å²) in [5.41, 5.74) is 5.19. The van der Waals surface area contributed by atoms with Crippen LogP contribution >= 0.6 is 11.3 Å². The molecular formula is C8H11N3O3S. The van der Waals surface area contributed by atoms with Crippen LogP contribution in [0.2, 0.25) is 0 Å². The molecule has 0 saturated heterocycles. The topological polar surface area (TPSA) is 105 Å². The Morgan fingerprint density at radius 1 is 1.67 bits per heavy atom. The molecule has 6 nitrogen and oxygen atoms in total. The molecule has 1 aromatic rings. The van der Waals surface area contributed by atoms with Gasteiger partial charge < -0.3 is 16.2 Å². The summed E-state index contributed by atoms with van der Waals surface area (Å²) in [5.74, 6) is -1.57. The van der Waals surface area contributed by atoms with Gasteiger partial charge in [-0.2, -0.15) is 0 Å². The van der Waals surface area contributed by atoms with Crippen LogP contribution in [0.5, 0.6) is 0 Å². The molecule has 4 N–H and O–H groups in total. The monoisotopic (exact) mass is 229 g/mol. The molecule has 0 bridgehead atoms. The Hall–Kier alpha value is -1.47. The molecule has 0 aliphatic heterocycles. The number of aromatic nitrogens is 1. The smallest absolute Gasteiger partial charge is 0.321 e. The van der Waals surface area contributed by atoms with E-state index in [0.29, 0.717) is 6.54 Å². The van der Waals surface area contributed by atoms with Crippen LogP contribution in [0.4, 0.5) is 0 Å². The number of aliphatic carboxylic acids is 1. The van der Waals surface area contributed by atoms with Gasteiger partial charge in [0.2, 0.25) is 5.91 Å². The fourth-order valence-corrected chi connectivity index (χ4v) is 1.43. The first kappa shape index (κ1) is 11.6. The first-order valence-corrected chi connectivity index (χ1v) is 5.11. The lowest BCUT2D eigenvalue weighted by Crippen LogP contribution is -2.36. The second-order valence-electron chi connectivity index (χ2n) is 2.85. The van der Waals surface area contributed by atoms with E-state index in [1.165, 1.54) is 11.3 Å². The molecule has 0 radical (unpaired) electrons. The number of carbonyl (C=O) groups is 2. The van der Waals surface area contributed by atoms with Crippen molar-refractivity contribution in [2.24, 2.45) is 5.73 Å². The molecule has 1 amide bonds. The number of rotatable bonds is 5. The summed E-state index contributed by atoms with van der Waals surface area (Å²) in [5, 5.41) is 13.6. The lowest BCUT2D eigenvalue weighted by molar-refractivity contribution is -0.140.